The van der Waals surface area contributed by atoms with Crippen LogP contribution in [0.2, 0.25) is 0 Å². The van der Waals surface area contributed by atoms with E-state index in [4.69, 9.17) is 5.73 Å². The highest BCUT2D eigenvalue weighted by atomic mass is 16.2. The normalized spacial score (nSPS) is 30.9. The van der Waals surface area contributed by atoms with Crippen LogP contribution in [-0.2, 0) is 16.1 Å². The van der Waals surface area contributed by atoms with Crippen LogP contribution in [0.1, 0.15) is 64.8 Å². The summed E-state index contributed by atoms with van der Waals surface area (Å²) in [5.41, 5.74) is 7.56. The zero-order chi connectivity index (χ0) is 21.0. The maximum atomic E-state index is 13.3. The second-order valence-electron chi connectivity index (χ2n) is 9.03. The highest BCUT2D eigenvalue weighted by Gasteiger charge is 2.52. The van der Waals surface area contributed by atoms with Gasteiger partial charge in [0.15, 0.2) is 0 Å². The fourth-order valence-electron chi connectivity index (χ4n) is 5.85. The van der Waals surface area contributed by atoms with Crippen molar-refractivity contribution in [1.29, 1.82) is 0 Å². The van der Waals surface area contributed by atoms with Gasteiger partial charge >= 0.3 is 0 Å². The van der Waals surface area contributed by atoms with Crippen LogP contribution in [-0.4, -0.2) is 58.1 Å². The number of piperidine rings is 3. The Balaban J connectivity index is 1.44. The summed E-state index contributed by atoms with van der Waals surface area (Å²) < 4.78 is 0. The number of nitrogens with one attached hydrogen (secondary N) is 1. The topological polar surface area (TPSA) is 113 Å². The standard InChI is InChI=1S/C22H26N4O4/c23-8-7-22-10-13(11-22)6-9-25(22)12-14-2-1-3-15-18(14)21(30)26(20(15)29)16-4-5-17(27)24-19(16)28/h1-3,13,16H,4-12,23H2,(H,24,27,28). The van der Waals surface area contributed by atoms with Crippen molar-refractivity contribution < 1.29 is 19.2 Å². The SMILES string of the molecule is NCCC12CC(CCN1Cc1cccc3c1C(=O)N(C1CCC(=O)NC1=O)C3=O)C2. The molecule has 4 fully saturated rings. The summed E-state index contributed by atoms with van der Waals surface area (Å²) in [6, 6.07) is 4.42. The molecule has 158 valence electrons. The highest BCUT2D eigenvalue weighted by molar-refractivity contribution is 6.24. The van der Waals surface area contributed by atoms with E-state index in [0.29, 0.717) is 24.2 Å². The molecule has 8 heteroatoms. The largest absolute Gasteiger partial charge is 0.330 e. The van der Waals surface area contributed by atoms with Crippen LogP contribution in [0.25, 0.3) is 0 Å². The van der Waals surface area contributed by atoms with Gasteiger partial charge in [0.1, 0.15) is 6.04 Å². The van der Waals surface area contributed by atoms with E-state index >= 15 is 0 Å². The molecule has 8 nitrogen and oxygen atoms in total. The number of amides is 4. The van der Waals surface area contributed by atoms with Crippen LogP contribution in [0, 0.1) is 5.92 Å². The average Bonchev–Trinajstić information content (AvgIpc) is 2.94. The highest BCUT2D eigenvalue weighted by Crippen LogP contribution is 2.51. The minimum atomic E-state index is -0.936. The van der Waals surface area contributed by atoms with Crippen LogP contribution >= 0.6 is 0 Å². The monoisotopic (exact) mass is 410 g/mol. The van der Waals surface area contributed by atoms with Gasteiger partial charge in [-0.15, -0.1) is 0 Å². The second kappa shape index (κ2) is 6.99. The molecule has 1 saturated carbocycles. The number of hydrogen-bond donors (Lipinski definition) is 2. The number of fused-ring (bicyclic) bond motifs is 3. The van der Waals surface area contributed by atoms with Crippen molar-refractivity contribution >= 4 is 23.6 Å². The quantitative estimate of drug-likeness (QED) is 0.694. The van der Waals surface area contributed by atoms with Gasteiger partial charge in [0.25, 0.3) is 11.8 Å². The third-order valence-electron chi connectivity index (χ3n) is 7.34. The van der Waals surface area contributed by atoms with Crippen LogP contribution in [0.4, 0.5) is 0 Å². The molecule has 4 amide bonds. The average molecular weight is 410 g/mol. The fraction of sp³-hybridized carbons (Fsp3) is 0.545. The summed E-state index contributed by atoms with van der Waals surface area (Å²) in [6.07, 6.45) is 4.67. The first kappa shape index (κ1) is 19.4. The Bertz CT molecular complexity index is 947. The number of rotatable bonds is 5. The maximum Gasteiger partial charge on any atom is 0.262 e. The molecule has 0 aromatic heterocycles. The van der Waals surface area contributed by atoms with Crippen molar-refractivity contribution in [3.63, 3.8) is 0 Å². The second-order valence-corrected chi connectivity index (χ2v) is 9.03. The number of carbonyl (C=O) groups is 4. The Labute approximate surface area is 174 Å². The molecule has 0 spiro atoms. The molecule has 1 atom stereocenters. The molecule has 1 aliphatic carbocycles. The van der Waals surface area contributed by atoms with Gasteiger partial charge in [-0.25, -0.2) is 0 Å². The van der Waals surface area contributed by atoms with Gasteiger partial charge in [-0.1, -0.05) is 12.1 Å². The molecule has 1 aromatic rings. The van der Waals surface area contributed by atoms with Gasteiger partial charge in [-0.05, 0) is 62.7 Å². The van der Waals surface area contributed by atoms with E-state index in [0.717, 1.165) is 48.6 Å². The minimum Gasteiger partial charge on any atom is -0.330 e. The maximum absolute atomic E-state index is 13.3. The van der Waals surface area contributed by atoms with Gasteiger partial charge < -0.3 is 5.73 Å². The molecular formula is C22H26N4O4. The summed E-state index contributed by atoms with van der Waals surface area (Å²) in [5.74, 6) is -1.06. The van der Waals surface area contributed by atoms with Gasteiger partial charge in [0, 0.05) is 18.5 Å². The number of hydrogen-bond acceptors (Lipinski definition) is 6. The lowest BCUT2D eigenvalue weighted by Crippen LogP contribution is -2.62. The molecule has 4 aliphatic heterocycles. The van der Waals surface area contributed by atoms with Crippen molar-refractivity contribution in [1.82, 2.24) is 15.1 Å². The van der Waals surface area contributed by atoms with Crippen LogP contribution in [0.15, 0.2) is 18.2 Å². The number of benzene rings is 1. The van der Waals surface area contributed by atoms with Crippen molar-refractivity contribution in [2.75, 3.05) is 13.1 Å². The first-order valence-electron chi connectivity index (χ1n) is 10.7. The molecule has 1 unspecified atom stereocenters. The summed E-state index contributed by atoms with van der Waals surface area (Å²) in [6.45, 7) is 2.20. The molecule has 1 aromatic carbocycles. The molecule has 3 N–H and O–H groups in total. The van der Waals surface area contributed by atoms with Crippen LogP contribution in [0.3, 0.4) is 0 Å². The van der Waals surface area contributed by atoms with Crippen molar-refractivity contribution in [3.05, 3.63) is 34.9 Å². The summed E-state index contributed by atoms with van der Waals surface area (Å²) in [4.78, 5) is 53.6. The first-order chi connectivity index (χ1) is 14.4. The number of nitrogens with two attached hydrogens (primary N) is 1. The predicted molar refractivity (Wildman–Crippen MR) is 107 cm³/mol. The number of carbonyl (C=O) groups excluding carboxylic acids is 4. The molecule has 0 radical (unpaired) electrons. The first-order valence-corrected chi connectivity index (χ1v) is 10.7. The third kappa shape index (κ3) is 2.81. The fourth-order valence-corrected chi connectivity index (χ4v) is 5.85. The van der Waals surface area contributed by atoms with E-state index in [1.54, 1.807) is 12.1 Å². The summed E-state index contributed by atoms with van der Waals surface area (Å²) in [7, 11) is 0. The predicted octanol–water partition coefficient (Wildman–Crippen LogP) is 0.791. The van der Waals surface area contributed by atoms with E-state index in [-0.39, 0.29) is 24.3 Å². The van der Waals surface area contributed by atoms with Gasteiger partial charge in [-0.3, -0.25) is 34.3 Å². The van der Waals surface area contributed by atoms with Gasteiger partial charge in [0.2, 0.25) is 11.8 Å². The van der Waals surface area contributed by atoms with Gasteiger partial charge in [0.05, 0.1) is 11.1 Å². The van der Waals surface area contributed by atoms with Crippen LogP contribution in [0.5, 0.6) is 0 Å². The molecular weight excluding hydrogens is 384 g/mol. The van der Waals surface area contributed by atoms with E-state index in [1.807, 2.05) is 6.07 Å². The zero-order valence-electron chi connectivity index (χ0n) is 16.9. The third-order valence-corrected chi connectivity index (χ3v) is 7.34. The Hall–Kier alpha value is -2.58. The lowest BCUT2D eigenvalue weighted by Gasteiger charge is -2.59. The van der Waals surface area contributed by atoms with E-state index in [9.17, 15) is 19.2 Å². The number of imide groups is 2. The van der Waals surface area contributed by atoms with Crippen molar-refractivity contribution in [3.8, 4) is 0 Å². The molecule has 5 aliphatic rings. The van der Waals surface area contributed by atoms with Crippen molar-refractivity contribution in [2.45, 2.75) is 56.7 Å². The number of nitrogens with zero attached hydrogens (tertiary/aromatic N) is 2. The Kier molecular flexibility index (Phi) is 4.52. The van der Waals surface area contributed by atoms with Crippen molar-refractivity contribution in [2.24, 2.45) is 11.7 Å². The van der Waals surface area contributed by atoms with Crippen LogP contribution < -0.4 is 11.1 Å². The molecule has 4 heterocycles. The van der Waals surface area contributed by atoms with E-state index in [1.165, 1.54) is 0 Å². The van der Waals surface area contributed by atoms with E-state index < -0.39 is 23.8 Å². The van der Waals surface area contributed by atoms with E-state index in [2.05, 4.69) is 10.2 Å². The lowest BCUT2D eigenvalue weighted by molar-refractivity contribution is -0.136. The Morgan fingerprint density at radius 2 is 1.90 bits per heavy atom. The summed E-state index contributed by atoms with van der Waals surface area (Å²) in [5, 5.41) is 2.24. The molecule has 30 heavy (non-hydrogen) atoms. The summed E-state index contributed by atoms with van der Waals surface area (Å²) >= 11 is 0. The molecule has 6 rings (SSSR count). The molecule has 3 saturated heterocycles. The smallest absolute Gasteiger partial charge is 0.262 e. The molecule has 2 bridgehead atoms. The Morgan fingerprint density at radius 3 is 2.63 bits per heavy atom. The zero-order valence-corrected chi connectivity index (χ0v) is 16.9. The Morgan fingerprint density at radius 1 is 1.10 bits per heavy atom. The van der Waals surface area contributed by atoms with Gasteiger partial charge in [-0.2, -0.15) is 0 Å². The minimum absolute atomic E-state index is 0.107. The lowest BCUT2D eigenvalue weighted by atomic mass is 9.61.